The van der Waals surface area contributed by atoms with Crippen molar-refractivity contribution in [3.05, 3.63) is 69.9 Å². The number of nitrogens with zero attached hydrogens (tertiary/aromatic N) is 3. The molecule has 2 aromatic heterocycles. The van der Waals surface area contributed by atoms with Crippen LogP contribution in [0.4, 0.5) is 0 Å². The van der Waals surface area contributed by atoms with Crippen LogP contribution in [0.25, 0.3) is 5.69 Å². The fraction of sp³-hybridized carbons (Fsp3) is 0.211. The van der Waals surface area contributed by atoms with Crippen LogP contribution in [-0.2, 0) is 6.42 Å². The molecule has 0 aliphatic carbocycles. The molecule has 0 fully saturated rings. The predicted molar refractivity (Wildman–Crippen MR) is 102 cm³/mol. The topological polar surface area (TPSA) is 59.3 Å². The molecule has 1 aromatic carbocycles. The first-order chi connectivity index (χ1) is 12.1. The van der Waals surface area contributed by atoms with Gasteiger partial charge in [0.15, 0.2) is 0 Å². The number of hydrogen-bond acceptors (Lipinski definition) is 4. The summed E-state index contributed by atoms with van der Waals surface area (Å²) >= 11 is 1.53. The molecule has 0 aliphatic rings. The Balaban J connectivity index is 1.69. The molecular weight excluding hydrogens is 332 g/mol. The highest BCUT2D eigenvalue weighted by Gasteiger charge is 2.11. The molecule has 0 spiro atoms. The monoisotopic (exact) mass is 352 g/mol. The molecule has 128 valence electrons. The van der Waals surface area contributed by atoms with E-state index in [0.717, 1.165) is 28.9 Å². The maximum atomic E-state index is 12.3. The van der Waals surface area contributed by atoms with Gasteiger partial charge in [-0.3, -0.25) is 4.79 Å². The number of carbonyl (C=O) groups excluding carboxylic acids is 1. The zero-order chi connectivity index (χ0) is 17.8. The molecule has 3 rings (SSSR count). The van der Waals surface area contributed by atoms with Crippen molar-refractivity contribution >= 4 is 23.0 Å². The molecule has 3 aromatic rings. The summed E-state index contributed by atoms with van der Waals surface area (Å²) in [6.07, 6.45) is 6.33. The lowest BCUT2D eigenvalue weighted by molar-refractivity contribution is 0.0959. The van der Waals surface area contributed by atoms with E-state index in [9.17, 15) is 4.79 Å². The van der Waals surface area contributed by atoms with Crippen LogP contribution in [0.2, 0.25) is 0 Å². The molecule has 1 amide bonds. The van der Waals surface area contributed by atoms with Crippen molar-refractivity contribution in [3.63, 3.8) is 0 Å². The van der Waals surface area contributed by atoms with Crippen LogP contribution in [0.3, 0.4) is 0 Å². The zero-order valence-electron chi connectivity index (χ0n) is 14.5. The van der Waals surface area contributed by atoms with E-state index in [4.69, 9.17) is 0 Å². The summed E-state index contributed by atoms with van der Waals surface area (Å²) in [6.45, 7) is 6.00. The summed E-state index contributed by atoms with van der Waals surface area (Å²) in [5.74, 6) is -0.165. The van der Waals surface area contributed by atoms with Gasteiger partial charge in [-0.15, -0.1) is 11.3 Å². The van der Waals surface area contributed by atoms with Crippen LogP contribution in [0.5, 0.6) is 0 Å². The zero-order valence-corrected chi connectivity index (χ0v) is 15.3. The lowest BCUT2D eigenvalue weighted by Gasteiger charge is -2.05. The van der Waals surface area contributed by atoms with Crippen molar-refractivity contribution in [2.75, 3.05) is 0 Å². The Bertz CT molecular complexity index is 892. The number of aromatic nitrogens is 2. The smallest absolute Gasteiger partial charge is 0.281 e. The van der Waals surface area contributed by atoms with E-state index in [1.807, 2.05) is 54.9 Å². The van der Waals surface area contributed by atoms with Gasteiger partial charge in [-0.05, 0) is 49.6 Å². The van der Waals surface area contributed by atoms with E-state index in [-0.39, 0.29) is 5.91 Å². The number of benzene rings is 1. The Morgan fingerprint density at radius 1 is 1.32 bits per heavy atom. The van der Waals surface area contributed by atoms with Crippen molar-refractivity contribution < 1.29 is 4.79 Å². The third-order valence-corrected chi connectivity index (χ3v) is 5.36. The van der Waals surface area contributed by atoms with E-state index in [2.05, 4.69) is 22.4 Å². The van der Waals surface area contributed by atoms with Gasteiger partial charge >= 0.3 is 0 Å². The second-order valence-electron chi connectivity index (χ2n) is 5.73. The molecule has 0 atom stereocenters. The lowest BCUT2D eigenvalue weighted by Crippen LogP contribution is -2.18. The van der Waals surface area contributed by atoms with Gasteiger partial charge in [0.2, 0.25) is 0 Å². The number of imidazole rings is 1. The summed E-state index contributed by atoms with van der Waals surface area (Å²) < 4.78 is 1.93. The van der Waals surface area contributed by atoms with Crippen molar-refractivity contribution in [3.8, 4) is 5.69 Å². The second-order valence-corrected chi connectivity index (χ2v) is 6.86. The first-order valence-corrected chi connectivity index (χ1v) is 8.93. The largest absolute Gasteiger partial charge is 0.306 e. The molecule has 0 radical (unpaired) electrons. The van der Waals surface area contributed by atoms with Crippen LogP contribution in [0, 0.1) is 6.92 Å². The number of rotatable bonds is 5. The van der Waals surface area contributed by atoms with Gasteiger partial charge in [0.05, 0.1) is 16.9 Å². The van der Waals surface area contributed by atoms with E-state index in [0.29, 0.717) is 4.88 Å². The summed E-state index contributed by atoms with van der Waals surface area (Å²) in [7, 11) is 0. The van der Waals surface area contributed by atoms with Crippen LogP contribution in [-0.4, -0.2) is 21.2 Å². The molecule has 5 nitrogen and oxygen atoms in total. The summed E-state index contributed by atoms with van der Waals surface area (Å²) in [6, 6.07) is 9.86. The molecule has 25 heavy (non-hydrogen) atoms. The van der Waals surface area contributed by atoms with E-state index in [1.165, 1.54) is 16.2 Å². The highest BCUT2D eigenvalue weighted by molar-refractivity contribution is 7.14. The van der Waals surface area contributed by atoms with Crippen LogP contribution >= 0.6 is 11.3 Å². The Morgan fingerprint density at radius 3 is 2.68 bits per heavy atom. The minimum atomic E-state index is -0.165. The molecule has 6 heteroatoms. The Morgan fingerprint density at radius 2 is 2.08 bits per heavy atom. The fourth-order valence-corrected chi connectivity index (χ4v) is 3.53. The lowest BCUT2D eigenvalue weighted by atomic mass is 10.1. The van der Waals surface area contributed by atoms with Crippen molar-refractivity contribution in [2.24, 2.45) is 5.10 Å². The van der Waals surface area contributed by atoms with Crippen molar-refractivity contribution in [1.82, 2.24) is 15.0 Å². The quantitative estimate of drug-likeness (QED) is 0.558. The third-order valence-electron chi connectivity index (χ3n) is 3.98. The van der Waals surface area contributed by atoms with Gasteiger partial charge < -0.3 is 4.57 Å². The van der Waals surface area contributed by atoms with Gasteiger partial charge in [-0.25, -0.2) is 10.4 Å². The summed E-state index contributed by atoms with van der Waals surface area (Å²) in [4.78, 5) is 18.2. The molecule has 0 bridgehead atoms. The predicted octanol–water partition coefficient (Wildman–Crippen LogP) is 3.96. The number of amides is 1. The first kappa shape index (κ1) is 17.1. The van der Waals surface area contributed by atoms with Crippen LogP contribution in [0.15, 0.2) is 54.2 Å². The number of carbonyl (C=O) groups is 1. The maximum Gasteiger partial charge on any atom is 0.281 e. The van der Waals surface area contributed by atoms with E-state index < -0.39 is 0 Å². The average Bonchev–Trinajstić information content (AvgIpc) is 3.29. The Hall–Kier alpha value is -2.73. The van der Waals surface area contributed by atoms with Gasteiger partial charge in [-0.2, -0.15) is 5.10 Å². The number of aryl methyl sites for hydroxylation is 2. The summed E-state index contributed by atoms with van der Waals surface area (Å²) in [5, 5.41) is 4.23. The van der Waals surface area contributed by atoms with Crippen molar-refractivity contribution in [1.29, 1.82) is 0 Å². The second kappa shape index (κ2) is 7.44. The van der Waals surface area contributed by atoms with E-state index >= 15 is 0 Å². The summed E-state index contributed by atoms with van der Waals surface area (Å²) in [5.41, 5.74) is 6.55. The van der Waals surface area contributed by atoms with Gasteiger partial charge in [0.1, 0.15) is 0 Å². The fourth-order valence-electron chi connectivity index (χ4n) is 2.52. The normalized spacial score (nSPS) is 11.6. The highest BCUT2D eigenvalue weighted by Crippen LogP contribution is 2.22. The van der Waals surface area contributed by atoms with E-state index in [1.54, 1.807) is 12.5 Å². The van der Waals surface area contributed by atoms with Gasteiger partial charge in [0.25, 0.3) is 5.91 Å². The first-order valence-electron chi connectivity index (χ1n) is 8.11. The van der Waals surface area contributed by atoms with Crippen LogP contribution in [0.1, 0.15) is 39.5 Å². The van der Waals surface area contributed by atoms with Gasteiger partial charge in [0, 0.05) is 23.0 Å². The van der Waals surface area contributed by atoms with Crippen LogP contribution < -0.4 is 5.43 Å². The number of hydrogen-bond donors (Lipinski definition) is 1. The molecule has 1 N–H and O–H groups in total. The minimum Gasteiger partial charge on any atom is -0.306 e. The minimum absolute atomic E-state index is 0.165. The molecule has 2 heterocycles. The molecule has 0 unspecified atom stereocenters. The number of thiophene rings is 1. The Kier molecular flexibility index (Phi) is 5.09. The average molecular weight is 352 g/mol. The third kappa shape index (κ3) is 3.85. The Labute approximate surface area is 151 Å². The maximum absolute atomic E-state index is 12.3. The number of nitrogens with one attached hydrogen (secondary N) is 1. The van der Waals surface area contributed by atoms with Gasteiger partial charge in [-0.1, -0.05) is 19.1 Å². The SMILES string of the molecule is CCc1sc(C(=O)N/N=C(\C)c2ccc(-n3ccnc3)cc2)cc1C. The molecule has 0 aliphatic heterocycles. The molecule has 0 saturated heterocycles. The van der Waals surface area contributed by atoms with Crippen molar-refractivity contribution in [2.45, 2.75) is 27.2 Å². The molecule has 0 saturated carbocycles. The number of hydrazone groups is 1. The standard InChI is InChI=1S/C19H20N4OS/c1-4-17-13(2)11-18(25-17)19(24)22-21-14(3)15-5-7-16(8-6-15)23-10-9-20-12-23/h5-12H,4H2,1-3H3,(H,22,24)/b21-14+. The highest BCUT2D eigenvalue weighted by atomic mass is 32.1. The molecular formula is C19H20N4OS.